The van der Waals surface area contributed by atoms with E-state index in [0.29, 0.717) is 12.5 Å². The van der Waals surface area contributed by atoms with Gasteiger partial charge in [0.15, 0.2) is 0 Å². The van der Waals surface area contributed by atoms with Crippen molar-refractivity contribution in [2.24, 2.45) is 11.7 Å². The van der Waals surface area contributed by atoms with Crippen LogP contribution >= 0.6 is 0 Å². The number of nitrogens with zero attached hydrogens (tertiary/aromatic N) is 1. The zero-order chi connectivity index (χ0) is 13.9. The summed E-state index contributed by atoms with van der Waals surface area (Å²) in [6, 6.07) is 4.19. The minimum absolute atomic E-state index is 0.280. The Hall–Kier alpha value is -1.30. The molecule has 1 aliphatic rings. The molecule has 0 atom stereocenters. The fourth-order valence-electron chi connectivity index (χ4n) is 2.33. The highest BCUT2D eigenvalue weighted by molar-refractivity contribution is 5.35. The molecule has 0 amide bonds. The predicted octanol–water partition coefficient (Wildman–Crippen LogP) is 3.03. The fraction of sp³-hybridized carbons (Fsp3) is 0.615. The second-order valence-electron chi connectivity index (χ2n) is 5.07. The highest BCUT2D eigenvalue weighted by atomic mass is 19.4. The number of pyridine rings is 1. The molecular weight excluding hydrogens is 255 g/mol. The SMILES string of the molecule is NC1CCC(CNc2cccc(C(F)(F)F)n2)CC1. The van der Waals surface area contributed by atoms with Crippen molar-refractivity contribution >= 4 is 5.82 Å². The number of alkyl halides is 3. The third-order valence-corrected chi connectivity index (χ3v) is 3.50. The summed E-state index contributed by atoms with van der Waals surface area (Å²) in [7, 11) is 0. The minimum atomic E-state index is -4.39. The lowest BCUT2D eigenvalue weighted by Gasteiger charge is -2.26. The van der Waals surface area contributed by atoms with Gasteiger partial charge >= 0.3 is 6.18 Å². The van der Waals surface area contributed by atoms with E-state index in [2.05, 4.69) is 10.3 Å². The largest absolute Gasteiger partial charge is 0.433 e. The summed E-state index contributed by atoms with van der Waals surface area (Å²) in [5.74, 6) is 0.751. The Morgan fingerprint density at radius 3 is 2.53 bits per heavy atom. The van der Waals surface area contributed by atoms with Crippen LogP contribution in [0.25, 0.3) is 0 Å². The van der Waals surface area contributed by atoms with Crippen molar-refractivity contribution in [3.05, 3.63) is 23.9 Å². The van der Waals surface area contributed by atoms with E-state index in [1.807, 2.05) is 0 Å². The first-order chi connectivity index (χ1) is 8.95. The van der Waals surface area contributed by atoms with Crippen LogP contribution in [0.2, 0.25) is 0 Å². The molecule has 1 heterocycles. The van der Waals surface area contributed by atoms with Crippen molar-refractivity contribution in [2.75, 3.05) is 11.9 Å². The summed E-state index contributed by atoms with van der Waals surface area (Å²) in [4.78, 5) is 3.58. The number of nitrogens with one attached hydrogen (secondary N) is 1. The lowest BCUT2D eigenvalue weighted by atomic mass is 9.86. The van der Waals surface area contributed by atoms with Crippen LogP contribution in [0.15, 0.2) is 18.2 Å². The quantitative estimate of drug-likeness (QED) is 0.890. The molecule has 1 aromatic heterocycles. The van der Waals surface area contributed by atoms with Crippen LogP contribution in [-0.2, 0) is 6.18 Å². The second-order valence-corrected chi connectivity index (χ2v) is 5.07. The standard InChI is InChI=1S/C13H18F3N3/c14-13(15,16)11-2-1-3-12(19-11)18-8-9-4-6-10(17)7-5-9/h1-3,9-10H,4-8,17H2,(H,18,19). The molecule has 1 aliphatic carbocycles. The number of halogens is 3. The van der Waals surface area contributed by atoms with E-state index in [4.69, 9.17) is 5.73 Å². The maximum atomic E-state index is 12.5. The smallest absolute Gasteiger partial charge is 0.370 e. The van der Waals surface area contributed by atoms with E-state index in [1.165, 1.54) is 6.07 Å². The van der Waals surface area contributed by atoms with E-state index in [-0.39, 0.29) is 11.9 Å². The van der Waals surface area contributed by atoms with Crippen molar-refractivity contribution in [1.29, 1.82) is 0 Å². The summed E-state index contributed by atoms with van der Waals surface area (Å²) in [5.41, 5.74) is 4.96. The van der Waals surface area contributed by atoms with Crippen molar-refractivity contribution < 1.29 is 13.2 Å². The molecule has 2 rings (SSSR count). The summed E-state index contributed by atoms with van der Waals surface area (Å²) in [5, 5.41) is 2.99. The van der Waals surface area contributed by atoms with Gasteiger partial charge in [-0.05, 0) is 43.7 Å². The van der Waals surface area contributed by atoms with Gasteiger partial charge in [0.05, 0.1) is 0 Å². The van der Waals surface area contributed by atoms with Crippen LogP contribution in [0, 0.1) is 5.92 Å². The number of nitrogens with two attached hydrogens (primary N) is 1. The first-order valence-corrected chi connectivity index (χ1v) is 6.49. The molecule has 3 N–H and O–H groups in total. The molecule has 0 radical (unpaired) electrons. The zero-order valence-electron chi connectivity index (χ0n) is 10.6. The van der Waals surface area contributed by atoms with Gasteiger partial charge in [0.1, 0.15) is 11.5 Å². The maximum absolute atomic E-state index is 12.5. The highest BCUT2D eigenvalue weighted by Gasteiger charge is 2.32. The number of rotatable bonds is 3. The van der Waals surface area contributed by atoms with Gasteiger partial charge < -0.3 is 11.1 Å². The second kappa shape index (κ2) is 5.77. The number of anilines is 1. The Morgan fingerprint density at radius 2 is 1.89 bits per heavy atom. The lowest BCUT2D eigenvalue weighted by Crippen LogP contribution is -2.29. The Labute approximate surface area is 110 Å². The Morgan fingerprint density at radius 1 is 1.21 bits per heavy atom. The average Bonchev–Trinajstić information content (AvgIpc) is 2.37. The van der Waals surface area contributed by atoms with Crippen LogP contribution in [0.4, 0.5) is 19.0 Å². The van der Waals surface area contributed by atoms with Gasteiger partial charge in [-0.25, -0.2) is 4.98 Å². The van der Waals surface area contributed by atoms with Crippen molar-refractivity contribution in [3.8, 4) is 0 Å². The molecule has 1 aromatic rings. The summed E-state index contributed by atoms with van der Waals surface area (Å²) in [6.45, 7) is 0.654. The Kier molecular flexibility index (Phi) is 4.29. The monoisotopic (exact) mass is 273 g/mol. The van der Waals surface area contributed by atoms with E-state index in [0.717, 1.165) is 31.7 Å². The third-order valence-electron chi connectivity index (χ3n) is 3.50. The highest BCUT2D eigenvalue weighted by Crippen LogP contribution is 2.28. The van der Waals surface area contributed by atoms with Gasteiger partial charge in [0.25, 0.3) is 0 Å². The van der Waals surface area contributed by atoms with Crippen LogP contribution in [-0.4, -0.2) is 17.6 Å². The van der Waals surface area contributed by atoms with Gasteiger partial charge in [-0.15, -0.1) is 0 Å². The lowest BCUT2D eigenvalue weighted by molar-refractivity contribution is -0.141. The molecule has 6 heteroatoms. The molecule has 0 bridgehead atoms. The molecule has 0 saturated heterocycles. The normalized spacial score (nSPS) is 24.2. The topological polar surface area (TPSA) is 50.9 Å². The minimum Gasteiger partial charge on any atom is -0.370 e. The van der Waals surface area contributed by atoms with Gasteiger partial charge in [-0.2, -0.15) is 13.2 Å². The molecule has 0 unspecified atom stereocenters. The molecule has 106 valence electrons. The summed E-state index contributed by atoms with van der Waals surface area (Å²) < 4.78 is 37.5. The van der Waals surface area contributed by atoms with Crippen LogP contribution < -0.4 is 11.1 Å². The summed E-state index contributed by atoms with van der Waals surface area (Å²) >= 11 is 0. The predicted molar refractivity (Wildman–Crippen MR) is 67.7 cm³/mol. The van der Waals surface area contributed by atoms with Gasteiger partial charge in [0, 0.05) is 12.6 Å². The van der Waals surface area contributed by atoms with Crippen molar-refractivity contribution in [2.45, 2.75) is 37.9 Å². The molecule has 0 spiro atoms. The molecule has 1 fully saturated rings. The van der Waals surface area contributed by atoms with E-state index < -0.39 is 11.9 Å². The molecular formula is C13H18F3N3. The van der Waals surface area contributed by atoms with Gasteiger partial charge in [-0.1, -0.05) is 6.07 Å². The van der Waals surface area contributed by atoms with E-state index >= 15 is 0 Å². The first-order valence-electron chi connectivity index (χ1n) is 6.49. The maximum Gasteiger partial charge on any atom is 0.433 e. The summed E-state index contributed by atoms with van der Waals surface area (Å²) in [6.07, 6.45) is -0.375. The van der Waals surface area contributed by atoms with E-state index in [1.54, 1.807) is 6.07 Å². The molecule has 0 aromatic carbocycles. The van der Waals surface area contributed by atoms with Crippen LogP contribution in [0.3, 0.4) is 0 Å². The van der Waals surface area contributed by atoms with Crippen molar-refractivity contribution in [1.82, 2.24) is 4.98 Å². The number of hydrogen-bond donors (Lipinski definition) is 2. The Balaban J connectivity index is 1.89. The molecule has 1 saturated carbocycles. The molecule has 0 aliphatic heterocycles. The van der Waals surface area contributed by atoms with Gasteiger partial charge in [-0.3, -0.25) is 0 Å². The number of aromatic nitrogens is 1. The number of hydrogen-bond acceptors (Lipinski definition) is 3. The molecule has 3 nitrogen and oxygen atoms in total. The molecule has 19 heavy (non-hydrogen) atoms. The van der Waals surface area contributed by atoms with Crippen molar-refractivity contribution in [3.63, 3.8) is 0 Å². The third kappa shape index (κ3) is 4.09. The average molecular weight is 273 g/mol. The van der Waals surface area contributed by atoms with Gasteiger partial charge in [0.2, 0.25) is 0 Å². The fourth-order valence-corrected chi connectivity index (χ4v) is 2.33. The zero-order valence-corrected chi connectivity index (χ0v) is 10.6. The van der Waals surface area contributed by atoms with E-state index in [9.17, 15) is 13.2 Å². The Bertz CT molecular complexity index is 412. The van der Waals surface area contributed by atoms with Crippen LogP contribution in [0.1, 0.15) is 31.4 Å². The first kappa shape index (κ1) is 14.1. The van der Waals surface area contributed by atoms with Crippen LogP contribution in [0.5, 0.6) is 0 Å².